The largest absolute Gasteiger partial charge is 0.508 e. The Bertz CT molecular complexity index is 811. The number of carbonyl (C=O) groups excluding carboxylic acids is 2. The summed E-state index contributed by atoms with van der Waals surface area (Å²) in [6.45, 7) is 0. The number of phenols is 2. The first-order valence-electron chi connectivity index (χ1n) is 6.60. The van der Waals surface area contributed by atoms with Crippen LogP contribution in [0.25, 0.3) is 0 Å². The molecular weight excluding hydrogens is 393 g/mol. The van der Waals surface area contributed by atoms with Crippen molar-refractivity contribution in [1.82, 2.24) is 15.6 Å². The standard InChI is InChI=1S/C13H11Cl2N5O4S/c14-11(15)12(24)17-13-20-19-10(25-13)4-9(23)18-16-5-6-1-2-7(21)3-8(6)22/h1-3,5,11,21-22H,4H2,(H,18,23)(H,17,20,24)/b16-5-. The number of hydrazone groups is 1. The first-order valence-corrected chi connectivity index (χ1v) is 8.29. The van der Waals surface area contributed by atoms with E-state index < -0.39 is 16.7 Å². The van der Waals surface area contributed by atoms with E-state index in [2.05, 4.69) is 26.0 Å². The van der Waals surface area contributed by atoms with Gasteiger partial charge in [-0.2, -0.15) is 5.10 Å². The van der Waals surface area contributed by atoms with Gasteiger partial charge >= 0.3 is 0 Å². The summed E-state index contributed by atoms with van der Waals surface area (Å²) in [5.74, 6) is -1.39. The molecule has 1 aromatic carbocycles. The number of hydrogen-bond donors (Lipinski definition) is 4. The van der Waals surface area contributed by atoms with E-state index >= 15 is 0 Å². The quantitative estimate of drug-likeness (QED) is 0.326. The third-order valence-electron chi connectivity index (χ3n) is 2.61. The number of nitrogens with one attached hydrogen (secondary N) is 2. The zero-order chi connectivity index (χ0) is 18.4. The molecule has 2 amide bonds. The molecule has 0 spiro atoms. The third-order valence-corrected chi connectivity index (χ3v) is 3.85. The highest BCUT2D eigenvalue weighted by molar-refractivity contribution is 7.15. The number of carbonyl (C=O) groups is 2. The Morgan fingerprint density at radius 3 is 2.76 bits per heavy atom. The molecule has 9 nitrogen and oxygen atoms in total. The summed E-state index contributed by atoms with van der Waals surface area (Å²) in [4.78, 5) is 21.8. The van der Waals surface area contributed by atoms with Crippen molar-refractivity contribution in [2.75, 3.05) is 5.32 Å². The minimum Gasteiger partial charge on any atom is -0.508 e. The van der Waals surface area contributed by atoms with Crippen molar-refractivity contribution in [3.05, 3.63) is 28.8 Å². The van der Waals surface area contributed by atoms with Crippen molar-refractivity contribution in [3.63, 3.8) is 0 Å². The van der Waals surface area contributed by atoms with Gasteiger partial charge in [0.2, 0.25) is 11.0 Å². The predicted octanol–water partition coefficient (Wildman–Crippen LogP) is 1.38. The van der Waals surface area contributed by atoms with E-state index in [0.717, 1.165) is 17.4 Å². The lowest BCUT2D eigenvalue weighted by Crippen LogP contribution is -2.19. The Morgan fingerprint density at radius 2 is 2.08 bits per heavy atom. The number of anilines is 1. The number of phenolic OH excluding ortho intramolecular Hbond substituents is 2. The zero-order valence-corrected chi connectivity index (χ0v) is 14.6. The smallest absolute Gasteiger partial charge is 0.259 e. The monoisotopic (exact) mass is 403 g/mol. The van der Waals surface area contributed by atoms with E-state index in [0.29, 0.717) is 10.6 Å². The van der Waals surface area contributed by atoms with Gasteiger partial charge in [-0.1, -0.05) is 34.5 Å². The number of alkyl halides is 2. The lowest BCUT2D eigenvalue weighted by atomic mass is 10.2. The molecule has 2 aromatic rings. The number of nitrogens with zero attached hydrogens (tertiary/aromatic N) is 3. The van der Waals surface area contributed by atoms with Gasteiger partial charge in [-0.05, 0) is 12.1 Å². The van der Waals surface area contributed by atoms with Crippen LogP contribution in [0, 0.1) is 0 Å². The molecule has 0 aliphatic rings. The van der Waals surface area contributed by atoms with Gasteiger partial charge in [0.05, 0.1) is 12.6 Å². The number of aromatic hydroxyl groups is 2. The molecule has 0 fully saturated rings. The average molecular weight is 404 g/mol. The molecule has 0 unspecified atom stereocenters. The van der Waals surface area contributed by atoms with Crippen LogP contribution in [0.1, 0.15) is 10.6 Å². The lowest BCUT2D eigenvalue weighted by Gasteiger charge is -2.00. The topological polar surface area (TPSA) is 137 Å². The van der Waals surface area contributed by atoms with Gasteiger partial charge in [0.1, 0.15) is 16.5 Å². The molecule has 0 saturated heterocycles. The van der Waals surface area contributed by atoms with Gasteiger partial charge in [-0.25, -0.2) is 5.43 Å². The van der Waals surface area contributed by atoms with Crippen LogP contribution < -0.4 is 10.7 Å². The van der Waals surface area contributed by atoms with Gasteiger partial charge in [0.25, 0.3) is 5.91 Å². The molecule has 0 saturated carbocycles. The summed E-state index contributed by atoms with van der Waals surface area (Å²) in [6, 6.07) is 3.94. The highest BCUT2D eigenvalue weighted by Crippen LogP contribution is 2.20. The number of aromatic nitrogens is 2. The number of amides is 2. The normalized spacial score (nSPS) is 11.0. The Morgan fingerprint density at radius 1 is 1.32 bits per heavy atom. The maximum Gasteiger partial charge on any atom is 0.259 e. The maximum absolute atomic E-state index is 11.8. The average Bonchev–Trinajstić information content (AvgIpc) is 2.96. The van der Waals surface area contributed by atoms with Crippen LogP contribution in [0.2, 0.25) is 0 Å². The van der Waals surface area contributed by atoms with Crippen LogP contribution in [-0.4, -0.2) is 43.3 Å². The first-order chi connectivity index (χ1) is 11.8. The molecule has 1 heterocycles. The molecule has 12 heteroatoms. The fraction of sp³-hybridized carbons (Fsp3) is 0.154. The van der Waals surface area contributed by atoms with Crippen LogP contribution in [-0.2, 0) is 16.0 Å². The Labute approximate surface area is 155 Å². The van der Waals surface area contributed by atoms with Crippen LogP contribution in [0.3, 0.4) is 0 Å². The van der Waals surface area contributed by atoms with Crippen molar-refractivity contribution in [1.29, 1.82) is 0 Å². The van der Waals surface area contributed by atoms with Crippen LogP contribution in [0.5, 0.6) is 11.5 Å². The van der Waals surface area contributed by atoms with Crippen LogP contribution in [0.15, 0.2) is 23.3 Å². The maximum atomic E-state index is 11.8. The van der Waals surface area contributed by atoms with Gasteiger partial charge in [-0.15, -0.1) is 10.2 Å². The van der Waals surface area contributed by atoms with E-state index in [9.17, 15) is 19.8 Å². The number of hydrogen-bond acceptors (Lipinski definition) is 8. The Kier molecular flexibility index (Phi) is 6.51. The SMILES string of the molecule is O=C(Cc1nnc(NC(=O)C(Cl)Cl)s1)N/N=C\c1ccc(O)cc1O. The fourth-order valence-electron chi connectivity index (χ4n) is 1.53. The molecule has 0 aliphatic heterocycles. The summed E-state index contributed by atoms with van der Waals surface area (Å²) in [6.07, 6.45) is 1.11. The van der Waals surface area contributed by atoms with Crippen LogP contribution in [0.4, 0.5) is 5.13 Å². The molecular formula is C13H11Cl2N5O4S. The lowest BCUT2D eigenvalue weighted by molar-refractivity contribution is -0.120. The van der Waals surface area contributed by atoms with E-state index in [4.69, 9.17) is 23.2 Å². The summed E-state index contributed by atoms with van der Waals surface area (Å²) in [5, 5.41) is 32.7. The third kappa shape index (κ3) is 5.85. The zero-order valence-electron chi connectivity index (χ0n) is 12.3. The van der Waals surface area contributed by atoms with Gasteiger partial charge < -0.3 is 10.2 Å². The van der Waals surface area contributed by atoms with Crippen molar-refractivity contribution < 1.29 is 19.8 Å². The van der Waals surface area contributed by atoms with Gasteiger partial charge in [-0.3, -0.25) is 14.9 Å². The molecule has 0 radical (unpaired) electrons. The van der Waals surface area contributed by atoms with E-state index in [1.807, 2.05) is 0 Å². The van der Waals surface area contributed by atoms with E-state index in [-0.39, 0.29) is 23.1 Å². The second-order valence-corrected chi connectivity index (χ2v) is 6.66. The molecule has 0 bridgehead atoms. The molecule has 1 aromatic heterocycles. The fourth-order valence-corrected chi connectivity index (χ4v) is 2.38. The van der Waals surface area contributed by atoms with Crippen molar-refractivity contribution in [3.8, 4) is 11.5 Å². The predicted molar refractivity (Wildman–Crippen MR) is 93.2 cm³/mol. The summed E-state index contributed by atoms with van der Waals surface area (Å²) < 4.78 is 0. The highest BCUT2D eigenvalue weighted by Gasteiger charge is 2.15. The number of rotatable bonds is 6. The number of halogens is 2. The second-order valence-electron chi connectivity index (χ2n) is 4.50. The van der Waals surface area contributed by atoms with Gasteiger partial charge in [0, 0.05) is 11.6 Å². The molecule has 0 atom stereocenters. The Hall–Kier alpha value is -2.43. The molecule has 2 rings (SSSR count). The molecule has 0 aliphatic carbocycles. The molecule has 132 valence electrons. The van der Waals surface area contributed by atoms with E-state index in [1.165, 1.54) is 18.3 Å². The number of benzene rings is 1. The van der Waals surface area contributed by atoms with Crippen molar-refractivity contribution >= 4 is 57.7 Å². The second kappa shape index (κ2) is 8.60. The first kappa shape index (κ1) is 18.9. The summed E-state index contributed by atoms with van der Waals surface area (Å²) in [5.41, 5.74) is 2.57. The van der Waals surface area contributed by atoms with Gasteiger partial charge in [0.15, 0.2) is 4.84 Å². The van der Waals surface area contributed by atoms with Crippen LogP contribution >= 0.6 is 34.5 Å². The summed E-state index contributed by atoms with van der Waals surface area (Å²) >= 11 is 11.8. The summed E-state index contributed by atoms with van der Waals surface area (Å²) in [7, 11) is 0. The minimum atomic E-state index is -1.23. The molecule has 25 heavy (non-hydrogen) atoms. The Balaban J connectivity index is 1.87. The van der Waals surface area contributed by atoms with E-state index in [1.54, 1.807) is 0 Å². The van der Waals surface area contributed by atoms with Crippen molar-refractivity contribution in [2.45, 2.75) is 11.3 Å². The highest BCUT2D eigenvalue weighted by atomic mass is 35.5. The van der Waals surface area contributed by atoms with Crippen molar-refractivity contribution in [2.24, 2.45) is 5.10 Å². The molecule has 4 N–H and O–H groups in total. The minimum absolute atomic E-state index is 0.0903.